The molecule has 0 saturated carbocycles. The average Bonchev–Trinajstić information content (AvgIpc) is 2.55. The Balaban J connectivity index is 1.82. The number of aromatic nitrogens is 2. The summed E-state index contributed by atoms with van der Waals surface area (Å²) in [6.45, 7) is 2.99. The van der Waals surface area contributed by atoms with Crippen molar-refractivity contribution in [2.45, 2.75) is 32.2 Å². The van der Waals surface area contributed by atoms with E-state index in [9.17, 15) is 0 Å². The Morgan fingerprint density at radius 2 is 2.00 bits per heavy atom. The highest BCUT2D eigenvalue weighted by atomic mass is 16.5. The van der Waals surface area contributed by atoms with Crippen LogP contribution in [-0.2, 0) is 0 Å². The molecule has 1 atom stereocenters. The van der Waals surface area contributed by atoms with Crippen LogP contribution in [0.1, 0.15) is 36.8 Å². The number of ether oxygens (including phenoxy) is 2. The first-order chi connectivity index (χ1) is 10.7. The molecule has 5 heteroatoms. The van der Waals surface area contributed by atoms with Gasteiger partial charge in [-0.2, -0.15) is 4.98 Å². The van der Waals surface area contributed by atoms with E-state index in [1.807, 2.05) is 37.3 Å². The van der Waals surface area contributed by atoms with E-state index in [1.165, 1.54) is 12.8 Å². The smallest absolute Gasteiger partial charge is 0.222 e. The predicted octanol–water partition coefficient (Wildman–Crippen LogP) is 3.40. The molecule has 3 rings (SSSR count). The minimum Gasteiger partial charge on any atom is -0.497 e. The van der Waals surface area contributed by atoms with Gasteiger partial charge in [-0.3, -0.25) is 0 Å². The van der Waals surface area contributed by atoms with Crippen LogP contribution in [0.4, 0.5) is 0 Å². The summed E-state index contributed by atoms with van der Waals surface area (Å²) in [4.78, 5) is 9.13. The average molecular weight is 299 g/mol. The fourth-order valence-electron chi connectivity index (χ4n) is 2.63. The zero-order valence-electron chi connectivity index (χ0n) is 13.0. The first-order valence-corrected chi connectivity index (χ1v) is 7.65. The summed E-state index contributed by atoms with van der Waals surface area (Å²) in [7, 11) is 1.64. The Bertz CT molecular complexity index is 640. The van der Waals surface area contributed by atoms with Crippen LogP contribution in [0, 0.1) is 6.92 Å². The molecule has 0 radical (unpaired) electrons. The van der Waals surface area contributed by atoms with E-state index < -0.39 is 0 Å². The summed E-state index contributed by atoms with van der Waals surface area (Å²) >= 11 is 0. The number of aryl methyl sites for hydroxylation is 1. The van der Waals surface area contributed by atoms with Gasteiger partial charge in [-0.05, 0) is 38.4 Å². The van der Waals surface area contributed by atoms with Gasteiger partial charge < -0.3 is 14.8 Å². The molecule has 2 aromatic rings. The molecule has 1 unspecified atom stereocenters. The van der Waals surface area contributed by atoms with Crippen LogP contribution in [0.3, 0.4) is 0 Å². The molecule has 22 heavy (non-hydrogen) atoms. The molecule has 1 aliphatic rings. The molecule has 1 fully saturated rings. The molecule has 0 spiro atoms. The molecule has 1 saturated heterocycles. The summed E-state index contributed by atoms with van der Waals surface area (Å²) in [5.74, 6) is 2.86. The fraction of sp³-hybridized carbons (Fsp3) is 0.412. The molecule has 1 aromatic heterocycles. The van der Waals surface area contributed by atoms with Gasteiger partial charge >= 0.3 is 0 Å². The van der Waals surface area contributed by atoms with Crippen LogP contribution in [0.15, 0.2) is 30.3 Å². The van der Waals surface area contributed by atoms with E-state index >= 15 is 0 Å². The van der Waals surface area contributed by atoms with Gasteiger partial charge in [-0.15, -0.1) is 0 Å². The summed E-state index contributed by atoms with van der Waals surface area (Å²) in [6, 6.07) is 9.59. The van der Waals surface area contributed by atoms with Gasteiger partial charge in [0, 0.05) is 17.8 Å². The maximum atomic E-state index is 5.87. The lowest BCUT2D eigenvalue weighted by Crippen LogP contribution is -2.28. The van der Waals surface area contributed by atoms with Crippen molar-refractivity contribution in [3.63, 3.8) is 0 Å². The van der Waals surface area contributed by atoms with Gasteiger partial charge in [-0.25, -0.2) is 4.98 Å². The molecule has 1 aromatic carbocycles. The van der Waals surface area contributed by atoms with Crippen LogP contribution in [0.25, 0.3) is 0 Å². The van der Waals surface area contributed by atoms with Gasteiger partial charge in [0.1, 0.15) is 17.3 Å². The van der Waals surface area contributed by atoms with Gasteiger partial charge in [0.2, 0.25) is 5.88 Å². The van der Waals surface area contributed by atoms with Crippen LogP contribution in [-0.4, -0.2) is 23.6 Å². The largest absolute Gasteiger partial charge is 0.497 e. The Morgan fingerprint density at radius 1 is 1.14 bits per heavy atom. The van der Waals surface area contributed by atoms with Gasteiger partial charge in [0.15, 0.2) is 0 Å². The lowest BCUT2D eigenvalue weighted by molar-refractivity contribution is 0.386. The maximum Gasteiger partial charge on any atom is 0.222 e. The van der Waals surface area contributed by atoms with Gasteiger partial charge in [0.25, 0.3) is 0 Å². The second-order valence-electron chi connectivity index (χ2n) is 5.49. The topological polar surface area (TPSA) is 56.3 Å². The number of piperidine rings is 1. The fourth-order valence-corrected chi connectivity index (χ4v) is 2.63. The third-order valence-electron chi connectivity index (χ3n) is 3.73. The van der Waals surface area contributed by atoms with E-state index in [4.69, 9.17) is 9.47 Å². The number of benzene rings is 1. The molecule has 5 nitrogen and oxygen atoms in total. The standard InChI is InChI=1S/C17H21N3O2/c1-12-10-16(22-14-7-5-6-13(11-14)21-2)20-17(19-12)15-8-3-4-9-18-15/h5-7,10-11,15,18H,3-4,8-9H2,1-2H3. The molecule has 1 aliphatic heterocycles. The molecular formula is C17H21N3O2. The SMILES string of the molecule is COc1cccc(Oc2cc(C)nc(C3CCCCN3)n2)c1. The minimum atomic E-state index is 0.223. The van der Waals surface area contributed by atoms with Crippen molar-refractivity contribution < 1.29 is 9.47 Å². The number of nitrogens with one attached hydrogen (secondary N) is 1. The highest BCUT2D eigenvalue weighted by Gasteiger charge is 2.18. The number of hydrogen-bond donors (Lipinski definition) is 1. The molecule has 1 N–H and O–H groups in total. The minimum absolute atomic E-state index is 0.223. The molecular weight excluding hydrogens is 278 g/mol. The molecule has 0 amide bonds. The summed E-state index contributed by atoms with van der Waals surface area (Å²) in [5.41, 5.74) is 0.912. The van der Waals surface area contributed by atoms with E-state index in [0.717, 1.165) is 30.2 Å². The zero-order valence-corrected chi connectivity index (χ0v) is 13.0. The number of nitrogens with zero attached hydrogens (tertiary/aromatic N) is 2. The monoisotopic (exact) mass is 299 g/mol. The number of hydrogen-bond acceptors (Lipinski definition) is 5. The summed E-state index contributed by atoms with van der Waals surface area (Å²) in [5, 5.41) is 3.47. The van der Waals surface area contributed by atoms with Crippen molar-refractivity contribution in [3.8, 4) is 17.4 Å². The molecule has 116 valence electrons. The van der Waals surface area contributed by atoms with Crippen LogP contribution in [0.2, 0.25) is 0 Å². The van der Waals surface area contributed by atoms with Crippen molar-refractivity contribution in [1.82, 2.24) is 15.3 Å². The molecule has 2 heterocycles. The van der Waals surface area contributed by atoms with Crippen LogP contribution < -0.4 is 14.8 Å². The number of methoxy groups -OCH3 is 1. The van der Waals surface area contributed by atoms with Crippen molar-refractivity contribution in [1.29, 1.82) is 0 Å². The second-order valence-corrected chi connectivity index (χ2v) is 5.49. The lowest BCUT2D eigenvalue weighted by atomic mass is 10.0. The van der Waals surface area contributed by atoms with Crippen molar-refractivity contribution in [2.24, 2.45) is 0 Å². The Kier molecular flexibility index (Phi) is 4.53. The third-order valence-corrected chi connectivity index (χ3v) is 3.73. The maximum absolute atomic E-state index is 5.87. The van der Waals surface area contributed by atoms with Crippen LogP contribution in [0.5, 0.6) is 17.4 Å². The van der Waals surface area contributed by atoms with E-state index in [2.05, 4.69) is 15.3 Å². The first kappa shape index (κ1) is 14.8. The normalized spacial score (nSPS) is 18.0. The Hall–Kier alpha value is -2.14. The van der Waals surface area contributed by atoms with Crippen molar-refractivity contribution in [3.05, 3.63) is 41.9 Å². The van der Waals surface area contributed by atoms with E-state index in [1.54, 1.807) is 7.11 Å². The summed E-state index contributed by atoms with van der Waals surface area (Å²) < 4.78 is 11.1. The Labute approximate surface area is 130 Å². The quantitative estimate of drug-likeness (QED) is 0.937. The lowest BCUT2D eigenvalue weighted by Gasteiger charge is -2.22. The zero-order chi connectivity index (χ0) is 15.4. The predicted molar refractivity (Wildman–Crippen MR) is 84.4 cm³/mol. The summed E-state index contributed by atoms with van der Waals surface area (Å²) in [6.07, 6.45) is 3.50. The Morgan fingerprint density at radius 3 is 2.77 bits per heavy atom. The van der Waals surface area contributed by atoms with Gasteiger partial charge in [-0.1, -0.05) is 12.5 Å². The second kappa shape index (κ2) is 6.75. The third kappa shape index (κ3) is 3.54. The molecule has 0 aliphatic carbocycles. The highest BCUT2D eigenvalue weighted by molar-refractivity contribution is 5.35. The number of rotatable bonds is 4. The first-order valence-electron chi connectivity index (χ1n) is 7.65. The van der Waals surface area contributed by atoms with Crippen LogP contribution >= 0.6 is 0 Å². The van der Waals surface area contributed by atoms with E-state index in [0.29, 0.717) is 11.6 Å². The van der Waals surface area contributed by atoms with Crippen molar-refractivity contribution in [2.75, 3.05) is 13.7 Å². The molecule has 0 bridgehead atoms. The van der Waals surface area contributed by atoms with Gasteiger partial charge in [0.05, 0.1) is 13.2 Å². The highest BCUT2D eigenvalue weighted by Crippen LogP contribution is 2.26. The van der Waals surface area contributed by atoms with Crippen molar-refractivity contribution >= 4 is 0 Å². The van der Waals surface area contributed by atoms with E-state index in [-0.39, 0.29) is 6.04 Å².